The first-order valence-electron chi connectivity index (χ1n) is 13.3. The van der Waals surface area contributed by atoms with Crippen molar-refractivity contribution >= 4 is 0 Å². The molecule has 4 unspecified atom stereocenters. The van der Waals surface area contributed by atoms with E-state index in [0.717, 1.165) is 42.4 Å². The zero-order valence-electron chi connectivity index (χ0n) is 20.7. The van der Waals surface area contributed by atoms with Crippen LogP contribution in [0.1, 0.15) is 106 Å². The molecule has 4 aliphatic rings. The number of aliphatic hydroxyl groups is 1. The standard InChI is InChI=1S/C29H48O/c1-7-21(19(2)3)9-8-20(4)25-12-13-26-24-11-10-22-18-23(30)14-16-28(22,5)27(24)15-17-29(25,26)6/h9-10,19-20,23-27,30H,7-8,11-18H2,1-6H3/b21-9+/t20-,23+,24?,25?,26?,27?,28+,29-/m1/s1. The van der Waals surface area contributed by atoms with E-state index in [1.54, 1.807) is 11.1 Å². The van der Waals surface area contributed by atoms with Crippen molar-refractivity contribution in [2.75, 3.05) is 0 Å². The van der Waals surface area contributed by atoms with E-state index in [4.69, 9.17) is 0 Å². The second-order valence-electron chi connectivity index (χ2n) is 12.4. The van der Waals surface area contributed by atoms with Gasteiger partial charge in [-0.05, 0) is 111 Å². The first-order valence-corrected chi connectivity index (χ1v) is 13.3. The van der Waals surface area contributed by atoms with E-state index < -0.39 is 0 Å². The minimum Gasteiger partial charge on any atom is -0.393 e. The average molecular weight is 413 g/mol. The van der Waals surface area contributed by atoms with Crippen LogP contribution in [0.3, 0.4) is 0 Å². The summed E-state index contributed by atoms with van der Waals surface area (Å²) in [6.07, 6.45) is 17.8. The molecule has 0 spiro atoms. The molecule has 1 nitrogen and oxygen atoms in total. The molecule has 0 saturated heterocycles. The Morgan fingerprint density at radius 2 is 1.87 bits per heavy atom. The maximum Gasteiger partial charge on any atom is 0.0577 e. The van der Waals surface area contributed by atoms with Gasteiger partial charge in [-0.1, -0.05) is 64.8 Å². The molecule has 0 aromatic rings. The third kappa shape index (κ3) is 3.66. The van der Waals surface area contributed by atoms with E-state index in [9.17, 15) is 5.11 Å². The van der Waals surface area contributed by atoms with Gasteiger partial charge >= 0.3 is 0 Å². The van der Waals surface area contributed by atoms with Gasteiger partial charge in [-0.25, -0.2) is 0 Å². The second-order valence-corrected chi connectivity index (χ2v) is 12.4. The third-order valence-corrected chi connectivity index (χ3v) is 10.7. The van der Waals surface area contributed by atoms with Crippen LogP contribution in [-0.4, -0.2) is 11.2 Å². The largest absolute Gasteiger partial charge is 0.393 e. The van der Waals surface area contributed by atoms with Gasteiger partial charge in [0.1, 0.15) is 0 Å². The first-order chi connectivity index (χ1) is 14.2. The Balaban J connectivity index is 1.51. The summed E-state index contributed by atoms with van der Waals surface area (Å²) in [5.41, 5.74) is 4.19. The fraction of sp³-hybridized carbons (Fsp3) is 0.862. The van der Waals surface area contributed by atoms with Crippen LogP contribution in [0.15, 0.2) is 23.3 Å². The van der Waals surface area contributed by atoms with Crippen LogP contribution < -0.4 is 0 Å². The molecule has 0 aliphatic heterocycles. The van der Waals surface area contributed by atoms with Crippen molar-refractivity contribution < 1.29 is 5.11 Å². The van der Waals surface area contributed by atoms with Gasteiger partial charge < -0.3 is 5.11 Å². The predicted octanol–water partition coefficient (Wildman–Crippen LogP) is 7.94. The highest BCUT2D eigenvalue weighted by molar-refractivity contribution is 5.25. The molecule has 30 heavy (non-hydrogen) atoms. The molecule has 3 saturated carbocycles. The number of hydrogen-bond acceptors (Lipinski definition) is 1. The van der Waals surface area contributed by atoms with Crippen LogP contribution in [0.5, 0.6) is 0 Å². The van der Waals surface area contributed by atoms with Crippen LogP contribution in [-0.2, 0) is 0 Å². The quantitative estimate of drug-likeness (QED) is 0.454. The van der Waals surface area contributed by atoms with Crippen molar-refractivity contribution in [3.05, 3.63) is 23.3 Å². The van der Waals surface area contributed by atoms with Crippen LogP contribution in [0.4, 0.5) is 0 Å². The number of allylic oxidation sites excluding steroid dienone is 3. The average Bonchev–Trinajstić information content (AvgIpc) is 3.06. The highest BCUT2D eigenvalue weighted by Gasteiger charge is 2.59. The van der Waals surface area contributed by atoms with Gasteiger partial charge in [0.2, 0.25) is 0 Å². The highest BCUT2D eigenvalue weighted by atomic mass is 16.3. The molecule has 1 heteroatoms. The smallest absolute Gasteiger partial charge is 0.0577 e. The lowest BCUT2D eigenvalue weighted by atomic mass is 9.47. The molecule has 0 aromatic carbocycles. The van der Waals surface area contributed by atoms with Crippen molar-refractivity contribution in [1.82, 2.24) is 0 Å². The van der Waals surface area contributed by atoms with Crippen molar-refractivity contribution in [3.8, 4) is 0 Å². The second kappa shape index (κ2) is 8.42. The summed E-state index contributed by atoms with van der Waals surface area (Å²) in [5, 5.41) is 10.2. The Labute approximate surface area is 186 Å². The Morgan fingerprint density at radius 3 is 2.57 bits per heavy atom. The molecule has 4 rings (SSSR count). The van der Waals surface area contributed by atoms with Crippen molar-refractivity contribution in [1.29, 1.82) is 0 Å². The Hall–Kier alpha value is -0.560. The first kappa shape index (κ1) is 22.6. The Kier molecular flexibility index (Phi) is 6.35. The molecule has 4 aliphatic carbocycles. The molecular formula is C29H48O. The minimum absolute atomic E-state index is 0.0849. The van der Waals surface area contributed by atoms with Crippen LogP contribution in [0.25, 0.3) is 0 Å². The van der Waals surface area contributed by atoms with E-state index in [1.165, 1.54) is 51.4 Å². The van der Waals surface area contributed by atoms with E-state index in [2.05, 4.69) is 53.7 Å². The number of aliphatic hydroxyl groups excluding tert-OH is 1. The summed E-state index contributed by atoms with van der Waals surface area (Å²) in [7, 11) is 0. The number of fused-ring (bicyclic) bond motifs is 5. The topological polar surface area (TPSA) is 20.2 Å². The lowest BCUT2D eigenvalue weighted by Gasteiger charge is -2.58. The van der Waals surface area contributed by atoms with Gasteiger partial charge in [-0.3, -0.25) is 0 Å². The lowest BCUT2D eigenvalue weighted by molar-refractivity contribution is -0.0565. The lowest BCUT2D eigenvalue weighted by Crippen LogP contribution is -2.50. The van der Waals surface area contributed by atoms with Gasteiger partial charge in [0.05, 0.1) is 6.10 Å². The Morgan fingerprint density at radius 1 is 1.10 bits per heavy atom. The van der Waals surface area contributed by atoms with Crippen molar-refractivity contribution in [2.24, 2.45) is 46.3 Å². The summed E-state index contributed by atoms with van der Waals surface area (Å²) in [6, 6.07) is 0. The maximum absolute atomic E-state index is 10.2. The molecule has 0 bridgehead atoms. The predicted molar refractivity (Wildman–Crippen MR) is 128 cm³/mol. The van der Waals surface area contributed by atoms with E-state index >= 15 is 0 Å². The summed E-state index contributed by atoms with van der Waals surface area (Å²) >= 11 is 0. The molecule has 8 atom stereocenters. The fourth-order valence-corrected chi connectivity index (χ4v) is 8.91. The number of hydrogen-bond donors (Lipinski definition) is 1. The molecule has 0 amide bonds. The number of rotatable bonds is 5. The molecule has 170 valence electrons. The SMILES string of the molecule is CC/C(=C\C[C@@H](C)C1CCC2C3CC=C4C[C@@H](O)CC[C@]4(C)C3CC[C@@]21C)C(C)C. The monoisotopic (exact) mass is 412 g/mol. The summed E-state index contributed by atoms with van der Waals surface area (Å²) < 4.78 is 0. The Bertz CT molecular complexity index is 686. The van der Waals surface area contributed by atoms with E-state index in [0.29, 0.717) is 16.7 Å². The molecular weight excluding hydrogens is 364 g/mol. The van der Waals surface area contributed by atoms with Gasteiger partial charge in [-0.2, -0.15) is 0 Å². The maximum atomic E-state index is 10.2. The molecule has 0 aromatic heterocycles. The van der Waals surface area contributed by atoms with Gasteiger partial charge in [0, 0.05) is 0 Å². The highest BCUT2D eigenvalue weighted by Crippen LogP contribution is 2.67. The zero-order valence-corrected chi connectivity index (χ0v) is 20.7. The molecule has 1 N–H and O–H groups in total. The van der Waals surface area contributed by atoms with Gasteiger partial charge in [0.25, 0.3) is 0 Å². The van der Waals surface area contributed by atoms with E-state index in [-0.39, 0.29) is 6.10 Å². The third-order valence-electron chi connectivity index (χ3n) is 10.7. The van der Waals surface area contributed by atoms with Crippen LogP contribution >= 0.6 is 0 Å². The normalized spacial score (nSPS) is 44.9. The summed E-state index contributed by atoms with van der Waals surface area (Å²) in [4.78, 5) is 0. The fourth-order valence-electron chi connectivity index (χ4n) is 8.91. The molecule has 0 radical (unpaired) electrons. The summed E-state index contributed by atoms with van der Waals surface area (Å²) in [5.74, 6) is 5.09. The van der Waals surface area contributed by atoms with E-state index in [1.807, 2.05) is 0 Å². The van der Waals surface area contributed by atoms with Crippen molar-refractivity contribution in [3.63, 3.8) is 0 Å². The van der Waals surface area contributed by atoms with Crippen molar-refractivity contribution in [2.45, 2.75) is 112 Å². The zero-order chi connectivity index (χ0) is 21.7. The summed E-state index contributed by atoms with van der Waals surface area (Å²) in [6.45, 7) is 14.8. The minimum atomic E-state index is -0.0849. The van der Waals surface area contributed by atoms with Gasteiger partial charge in [-0.15, -0.1) is 0 Å². The van der Waals surface area contributed by atoms with Crippen LogP contribution in [0.2, 0.25) is 0 Å². The van der Waals surface area contributed by atoms with Gasteiger partial charge in [0.15, 0.2) is 0 Å². The molecule has 0 heterocycles. The molecule has 3 fully saturated rings. The van der Waals surface area contributed by atoms with Crippen LogP contribution in [0, 0.1) is 46.3 Å².